The van der Waals surface area contributed by atoms with Gasteiger partial charge in [-0.05, 0) is 42.0 Å². The molecule has 2 aromatic rings. The Kier molecular flexibility index (Phi) is 6.99. The van der Waals surface area contributed by atoms with E-state index >= 15 is 0 Å². The summed E-state index contributed by atoms with van der Waals surface area (Å²) in [6.07, 6.45) is 1.21. The molecule has 5 heteroatoms. The molecule has 2 N–H and O–H groups in total. The van der Waals surface area contributed by atoms with Crippen molar-refractivity contribution in [2.75, 3.05) is 6.61 Å². The Morgan fingerprint density at radius 1 is 1.07 bits per heavy atom. The standard InChI is InChI=1S/C22H27NO4/c1-16(17-9-11-19(12-10-17)27-15-21(25)26)23-20(24)13-14-22(2,3)18-7-5-4-6-8-18/h4-12,16H,13-15H2,1-3H3,(H,23,24)(H,25,26). The number of carboxylic acid groups (broad SMARTS) is 1. The van der Waals surface area contributed by atoms with Crippen molar-refractivity contribution < 1.29 is 19.4 Å². The van der Waals surface area contributed by atoms with Crippen LogP contribution in [-0.2, 0) is 15.0 Å². The molecule has 2 aromatic carbocycles. The highest BCUT2D eigenvalue weighted by atomic mass is 16.5. The number of amides is 1. The smallest absolute Gasteiger partial charge is 0.341 e. The van der Waals surface area contributed by atoms with E-state index in [0.717, 1.165) is 12.0 Å². The van der Waals surface area contributed by atoms with Crippen molar-refractivity contribution in [3.05, 3.63) is 65.7 Å². The molecule has 0 saturated carbocycles. The number of carbonyl (C=O) groups excluding carboxylic acids is 1. The summed E-state index contributed by atoms with van der Waals surface area (Å²) in [6, 6.07) is 17.2. The van der Waals surface area contributed by atoms with Crippen LogP contribution in [0, 0.1) is 0 Å². The average Bonchev–Trinajstić information content (AvgIpc) is 2.66. The number of rotatable bonds is 9. The van der Waals surface area contributed by atoms with Gasteiger partial charge in [-0.3, -0.25) is 4.79 Å². The number of ether oxygens (including phenoxy) is 1. The van der Waals surface area contributed by atoms with Crippen molar-refractivity contribution in [1.29, 1.82) is 0 Å². The van der Waals surface area contributed by atoms with Gasteiger partial charge in [0.1, 0.15) is 5.75 Å². The van der Waals surface area contributed by atoms with Gasteiger partial charge in [0.2, 0.25) is 5.91 Å². The fraction of sp³-hybridized carbons (Fsp3) is 0.364. The van der Waals surface area contributed by atoms with E-state index in [1.54, 1.807) is 12.1 Å². The first-order chi connectivity index (χ1) is 12.8. The number of carbonyl (C=O) groups is 2. The Bertz CT molecular complexity index is 754. The lowest BCUT2D eigenvalue weighted by molar-refractivity contribution is -0.139. The Morgan fingerprint density at radius 3 is 2.30 bits per heavy atom. The molecule has 0 aliphatic carbocycles. The minimum absolute atomic E-state index is 0.0118. The molecule has 27 heavy (non-hydrogen) atoms. The number of aliphatic carboxylic acids is 1. The Balaban J connectivity index is 1.85. The van der Waals surface area contributed by atoms with Crippen LogP contribution < -0.4 is 10.1 Å². The van der Waals surface area contributed by atoms with Crippen molar-refractivity contribution in [1.82, 2.24) is 5.32 Å². The summed E-state index contributed by atoms with van der Waals surface area (Å²) in [4.78, 5) is 22.9. The third-order valence-electron chi connectivity index (χ3n) is 4.65. The molecule has 0 aliphatic rings. The Hall–Kier alpha value is -2.82. The normalized spacial score (nSPS) is 12.3. The lowest BCUT2D eigenvalue weighted by Crippen LogP contribution is -2.28. The number of hydrogen-bond donors (Lipinski definition) is 2. The van der Waals surface area contributed by atoms with Crippen molar-refractivity contribution in [3.63, 3.8) is 0 Å². The summed E-state index contributed by atoms with van der Waals surface area (Å²) in [5.41, 5.74) is 2.10. The van der Waals surface area contributed by atoms with Gasteiger partial charge in [-0.1, -0.05) is 56.3 Å². The molecule has 5 nitrogen and oxygen atoms in total. The van der Waals surface area contributed by atoms with Crippen LogP contribution in [0.1, 0.15) is 50.8 Å². The molecule has 1 atom stereocenters. The Morgan fingerprint density at radius 2 is 1.70 bits per heavy atom. The predicted molar refractivity (Wildman–Crippen MR) is 105 cm³/mol. The molecule has 0 aromatic heterocycles. The van der Waals surface area contributed by atoms with Gasteiger partial charge in [0.05, 0.1) is 6.04 Å². The van der Waals surface area contributed by atoms with Gasteiger partial charge >= 0.3 is 5.97 Å². The molecule has 0 saturated heterocycles. The first kappa shape index (κ1) is 20.5. The quantitative estimate of drug-likeness (QED) is 0.698. The maximum absolute atomic E-state index is 12.3. The topological polar surface area (TPSA) is 75.6 Å². The first-order valence-corrected chi connectivity index (χ1v) is 9.07. The van der Waals surface area contributed by atoms with Gasteiger partial charge in [-0.2, -0.15) is 0 Å². The van der Waals surface area contributed by atoms with Crippen molar-refractivity contribution in [2.24, 2.45) is 0 Å². The van der Waals surface area contributed by atoms with Gasteiger partial charge in [-0.25, -0.2) is 4.79 Å². The van der Waals surface area contributed by atoms with Crippen LogP contribution in [0.5, 0.6) is 5.75 Å². The van der Waals surface area contributed by atoms with Crippen LogP contribution >= 0.6 is 0 Å². The summed E-state index contributed by atoms with van der Waals surface area (Å²) in [7, 11) is 0. The fourth-order valence-electron chi connectivity index (χ4n) is 2.85. The van der Waals surface area contributed by atoms with Gasteiger partial charge in [0.25, 0.3) is 0 Å². The number of hydrogen-bond acceptors (Lipinski definition) is 3. The SMILES string of the molecule is CC(NC(=O)CCC(C)(C)c1ccccc1)c1ccc(OCC(=O)O)cc1. The third kappa shape index (κ3) is 6.44. The summed E-state index contributed by atoms with van der Waals surface area (Å²) in [5, 5.41) is 11.6. The third-order valence-corrected chi connectivity index (χ3v) is 4.65. The summed E-state index contributed by atoms with van der Waals surface area (Å²) in [6.45, 7) is 5.85. The zero-order valence-corrected chi connectivity index (χ0v) is 16.1. The van der Waals surface area contributed by atoms with Crippen molar-refractivity contribution in [2.45, 2.75) is 45.1 Å². The maximum Gasteiger partial charge on any atom is 0.341 e. The van der Waals surface area contributed by atoms with Crippen LogP contribution in [0.25, 0.3) is 0 Å². The van der Waals surface area contributed by atoms with Crippen LogP contribution in [0.4, 0.5) is 0 Å². The molecule has 0 fully saturated rings. The van der Waals surface area contributed by atoms with Crippen LogP contribution in [0.2, 0.25) is 0 Å². The molecule has 0 bridgehead atoms. The van der Waals surface area contributed by atoms with Gasteiger partial charge in [0, 0.05) is 6.42 Å². The molecule has 0 spiro atoms. The van der Waals surface area contributed by atoms with Crippen LogP contribution in [0.15, 0.2) is 54.6 Å². The van der Waals surface area contributed by atoms with Crippen LogP contribution in [-0.4, -0.2) is 23.6 Å². The molecule has 1 amide bonds. The Labute approximate surface area is 160 Å². The minimum Gasteiger partial charge on any atom is -0.482 e. The zero-order valence-electron chi connectivity index (χ0n) is 16.1. The van der Waals surface area contributed by atoms with Gasteiger partial charge < -0.3 is 15.2 Å². The summed E-state index contributed by atoms with van der Waals surface area (Å²) >= 11 is 0. The predicted octanol–water partition coefficient (Wildman–Crippen LogP) is 4.09. The minimum atomic E-state index is -1.02. The lowest BCUT2D eigenvalue weighted by Gasteiger charge is -2.25. The van der Waals surface area contributed by atoms with Gasteiger partial charge in [0.15, 0.2) is 6.61 Å². The number of benzene rings is 2. The number of carboxylic acids is 1. The fourth-order valence-corrected chi connectivity index (χ4v) is 2.85. The summed E-state index contributed by atoms with van der Waals surface area (Å²) in [5.74, 6) is -0.514. The van der Waals surface area contributed by atoms with E-state index in [4.69, 9.17) is 9.84 Å². The monoisotopic (exact) mass is 369 g/mol. The van der Waals surface area contributed by atoms with E-state index in [1.807, 2.05) is 37.3 Å². The molecular weight excluding hydrogens is 342 g/mol. The highest BCUT2D eigenvalue weighted by molar-refractivity contribution is 5.76. The lowest BCUT2D eigenvalue weighted by atomic mass is 9.80. The molecule has 2 rings (SSSR count). The van der Waals surface area contributed by atoms with E-state index in [0.29, 0.717) is 12.2 Å². The van der Waals surface area contributed by atoms with Crippen LogP contribution in [0.3, 0.4) is 0 Å². The molecule has 1 unspecified atom stereocenters. The zero-order chi connectivity index (χ0) is 19.9. The first-order valence-electron chi connectivity index (χ1n) is 9.07. The second-order valence-electron chi connectivity index (χ2n) is 7.29. The van der Waals surface area contributed by atoms with Gasteiger partial charge in [-0.15, -0.1) is 0 Å². The largest absolute Gasteiger partial charge is 0.482 e. The molecular formula is C22H27NO4. The van der Waals surface area contributed by atoms with Crippen molar-refractivity contribution >= 4 is 11.9 Å². The van der Waals surface area contributed by atoms with E-state index in [2.05, 4.69) is 31.3 Å². The van der Waals surface area contributed by atoms with E-state index < -0.39 is 5.97 Å². The highest BCUT2D eigenvalue weighted by Crippen LogP contribution is 2.28. The van der Waals surface area contributed by atoms with Crippen molar-refractivity contribution in [3.8, 4) is 5.75 Å². The average molecular weight is 369 g/mol. The van der Waals surface area contributed by atoms with E-state index in [1.165, 1.54) is 5.56 Å². The molecule has 0 heterocycles. The highest BCUT2D eigenvalue weighted by Gasteiger charge is 2.22. The maximum atomic E-state index is 12.3. The second kappa shape index (κ2) is 9.21. The second-order valence-corrected chi connectivity index (χ2v) is 7.29. The summed E-state index contributed by atoms with van der Waals surface area (Å²) < 4.78 is 5.11. The van der Waals surface area contributed by atoms with E-state index in [9.17, 15) is 9.59 Å². The molecule has 144 valence electrons. The van der Waals surface area contributed by atoms with E-state index in [-0.39, 0.29) is 24.0 Å². The molecule has 0 radical (unpaired) electrons. The molecule has 0 aliphatic heterocycles. The number of nitrogens with one attached hydrogen (secondary N) is 1.